The van der Waals surface area contributed by atoms with Gasteiger partial charge in [0.2, 0.25) is 0 Å². The minimum Gasteiger partial charge on any atom is -0.497 e. The number of nitro benzene ring substituents is 1. The highest BCUT2D eigenvalue weighted by atomic mass is 32.2. The molecule has 32 heavy (non-hydrogen) atoms. The zero-order valence-electron chi connectivity index (χ0n) is 17.2. The smallest absolute Gasteiger partial charge is 0.270 e. The van der Waals surface area contributed by atoms with Gasteiger partial charge in [0.25, 0.3) is 5.69 Å². The van der Waals surface area contributed by atoms with Gasteiger partial charge < -0.3 is 14.2 Å². The average Bonchev–Trinajstić information content (AvgIpc) is 3.20. The Bertz CT molecular complexity index is 1300. The Hall–Kier alpha value is -3.56. The van der Waals surface area contributed by atoms with Crippen LogP contribution in [-0.2, 0) is 17.1 Å². The van der Waals surface area contributed by atoms with Crippen LogP contribution in [0, 0.1) is 10.1 Å². The van der Waals surface area contributed by atoms with E-state index in [0.29, 0.717) is 23.7 Å². The number of para-hydroxylation sites is 2. The molecule has 0 saturated carbocycles. The van der Waals surface area contributed by atoms with Crippen molar-refractivity contribution >= 4 is 28.5 Å². The molecule has 0 aliphatic carbocycles. The van der Waals surface area contributed by atoms with Gasteiger partial charge in [-0.3, -0.25) is 14.7 Å². The van der Waals surface area contributed by atoms with Crippen LogP contribution in [0.15, 0.2) is 65.8 Å². The molecule has 162 valence electrons. The highest BCUT2D eigenvalue weighted by Crippen LogP contribution is 2.37. The van der Waals surface area contributed by atoms with E-state index < -0.39 is 4.92 Å². The maximum Gasteiger partial charge on any atom is 0.270 e. The summed E-state index contributed by atoms with van der Waals surface area (Å²) < 4.78 is 18.3. The Kier molecular flexibility index (Phi) is 5.42. The number of rotatable bonds is 6. The van der Waals surface area contributed by atoms with Gasteiger partial charge in [0, 0.05) is 34.7 Å². The largest absolute Gasteiger partial charge is 0.497 e. The third kappa shape index (κ3) is 3.76. The van der Waals surface area contributed by atoms with E-state index in [4.69, 9.17) is 19.2 Å². The fourth-order valence-corrected chi connectivity index (χ4v) is 4.71. The number of hydrogen-bond donors (Lipinski definition) is 0. The maximum absolute atomic E-state index is 11.4. The first kappa shape index (κ1) is 20.3. The summed E-state index contributed by atoms with van der Waals surface area (Å²) in [4.78, 5) is 15.8. The van der Waals surface area contributed by atoms with E-state index >= 15 is 0 Å². The molecule has 9 heteroatoms. The monoisotopic (exact) mass is 449 g/mol. The molecule has 3 aromatic carbocycles. The summed E-state index contributed by atoms with van der Waals surface area (Å²) in [5, 5.41) is 12.2. The van der Waals surface area contributed by atoms with E-state index in [9.17, 15) is 10.1 Å². The third-order valence-electron chi connectivity index (χ3n) is 5.20. The van der Waals surface area contributed by atoms with E-state index in [1.807, 2.05) is 48.5 Å². The molecule has 8 nitrogen and oxygen atoms in total. The van der Waals surface area contributed by atoms with E-state index in [2.05, 4.69) is 4.57 Å². The minimum absolute atomic E-state index is 0.0251. The molecule has 0 spiro atoms. The molecule has 1 aliphatic rings. The molecule has 0 atom stereocenters. The Morgan fingerprint density at radius 1 is 1.19 bits per heavy atom. The zero-order chi connectivity index (χ0) is 22.1. The van der Waals surface area contributed by atoms with Gasteiger partial charge in [-0.2, -0.15) is 0 Å². The Morgan fingerprint density at radius 2 is 2.00 bits per heavy atom. The predicted molar refractivity (Wildman–Crippen MR) is 121 cm³/mol. The zero-order valence-corrected chi connectivity index (χ0v) is 18.0. The van der Waals surface area contributed by atoms with Gasteiger partial charge in [-0.1, -0.05) is 23.9 Å². The average molecular weight is 449 g/mol. The van der Waals surface area contributed by atoms with Gasteiger partial charge in [-0.25, -0.2) is 4.98 Å². The molecule has 2 heterocycles. The molecule has 1 aliphatic heterocycles. The van der Waals surface area contributed by atoms with Crippen molar-refractivity contribution in [3.63, 3.8) is 0 Å². The van der Waals surface area contributed by atoms with Crippen LogP contribution in [-0.4, -0.2) is 28.4 Å². The minimum atomic E-state index is -0.393. The quantitative estimate of drug-likeness (QED) is 0.230. The number of imidazole rings is 1. The Labute approximate surface area is 187 Å². The third-order valence-corrected chi connectivity index (χ3v) is 6.19. The first-order valence-corrected chi connectivity index (χ1v) is 10.9. The van der Waals surface area contributed by atoms with Crippen LogP contribution in [0.2, 0.25) is 0 Å². The number of nitrogens with zero attached hydrogens (tertiary/aromatic N) is 3. The second-order valence-corrected chi connectivity index (χ2v) is 8.11. The van der Waals surface area contributed by atoms with Crippen molar-refractivity contribution in [2.24, 2.45) is 0 Å². The lowest BCUT2D eigenvalue weighted by molar-refractivity contribution is -0.385. The first-order valence-electron chi connectivity index (χ1n) is 9.89. The molecule has 0 saturated heterocycles. The van der Waals surface area contributed by atoms with Crippen molar-refractivity contribution in [2.45, 2.75) is 17.5 Å². The number of ether oxygens (including phenoxy) is 3. The van der Waals surface area contributed by atoms with Crippen molar-refractivity contribution in [3.05, 3.63) is 81.9 Å². The van der Waals surface area contributed by atoms with Gasteiger partial charge in [0.15, 0.2) is 11.9 Å². The lowest BCUT2D eigenvalue weighted by Gasteiger charge is -2.20. The van der Waals surface area contributed by atoms with Crippen molar-refractivity contribution in [3.8, 4) is 17.2 Å². The van der Waals surface area contributed by atoms with E-state index in [0.717, 1.165) is 33.2 Å². The number of methoxy groups -OCH3 is 1. The van der Waals surface area contributed by atoms with Crippen LogP contribution < -0.4 is 9.47 Å². The van der Waals surface area contributed by atoms with Crippen molar-refractivity contribution in [1.82, 2.24) is 9.55 Å². The predicted octanol–water partition coefficient (Wildman–Crippen LogP) is 5.10. The number of nitro groups is 1. The molecule has 0 amide bonds. The van der Waals surface area contributed by atoms with Crippen molar-refractivity contribution < 1.29 is 19.1 Å². The Morgan fingerprint density at radius 3 is 2.78 bits per heavy atom. The second kappa shape index (κ2) is 8.52. The SMILES string of the molecule is COc1ccc(-n2c(SCc3cc([N+](=O)[O-])cc4c3OCOC4)nc3ccccc32)cc1. The highest BCUT2D eigenvalue weighted by Gasteiger charge is 2.22. The van der Waals surface area contributed by atoms with Crippen LogP contribution in [0.4, 0.5) is 5.69 Å². The summed E-state index contributed by atoms with van der Waals surface area (Å²) in [5.41, 5.74) is 4.26. The summed E-state index contributed by atoms with van der Waals surface area (Å²) in [6.07, 6.45) is 0. The fraction of sp³-hybridized carbons (Fsp3) is 0.174. The van der Waals surface area contributed by atoms with Gasteiger partial charge in [-0.15, -0.1) is 0 Å². The standard InChI is InChI=1S/C23H19N3O5S/c1-29-19-8-6-17(7-9-19)25-21-5-3-2-4-20(21)24-23(25)32-13-16-11-18(26(27)28)10-15-12-30-14-31-22(15)16/h2-11H,12-14H2,1H3. The summed E-state index contributed by atoms with van der Waals surface area (Å²) in [7, 11) is 1.63. The fourth-order valence-electron chi connectivity index (χ4n) is 3.72. The van der Waals surface area contributed by atoms with Gasteiger partial charge in [0.05, 0.1) is 29.7 Å². The molecule has 0 N–H and O–H groups in total. The van der Waals surface area contributed by atoms with Crippen LogP contribution in [0.3, 0.4) is 0 Å². The number of fused-ring (bicyclic) bond motifs is 2. The molecule has 4 aromatic rings. The first-order chi connectivity index (χ1) is 15.6. The lowest BCUT2D eigenvalue weighted by atomic mass is 10.1. The number of thioether (sulfide) groups is 1. The Balaban J connectivity index is 1.54. The molecular weight excluding hydrogens is 430 g/mol. The molecule has 0 bridgehead atoms. The molecule has 0 fully saturated rings. The summed E-state index contributed by atoms with van der Waals surface area (Å²) in [5.74, 6) is 1.89. The van der Waals surface area contributed by atoms with Gasteiger partial charge >= 0.3 is 0 Å². The number of non-ortho nitro benzene ring substituents is 1. The van der Waals surface area contributed by atoms with Crippen LogP contribution in [0.25, 0.3) is 16.7 Å². The van der Waals surface area contributed by atoms with Crippen molar-refractivity contribution in [1.29, 1.82) is 0 Å². The molecule has 5 rings (SSSR count). The van der Waals surface area contributed by atoms with Crippen LogP contribution in [0.5, 0.6) is 11.5 Å². The summed E-state index contributed by atoms with van der Waals surface area (Å²) in [6.45, 7) is 0.422. The summed E-state index contributed by atoms with van der Waals surface area (Å²) in [6, 6.07) is 18.8. The number of benzene rings is 3. The van der Waals surface area contributed by atoms with Crippen LogP contribution >= 0.6 is 11.8 Å². The highest BCUT2D eigenvalue weighted by molar-refractivity contribution is 7.98. The number of hydrogen-bond acceptors (Lipinski definition) is 7. The van der Waals surface area contributed by atoms with E-state index in [1.165, 1.54) is 17.8 Å². The molecule has 0 radical (unpaired) electrons. The van der Waals surface area contributed by atoms with Crippen LogP contribution in [0.1, 0.15) is 11.1 Å². The van der Waals surface area contributed by atoms with E-state index in [-0.39, 0.29) is 12.5 Å². The topological polar surface area (TPSA) is 88.7 Å². The molecular formula is C23H19N3O5S. The van der Waals surface area contributed by atoms with E-state index in [1.54, 1.807) is 13.2 Å². The second-order valence-electron chi connectivity index (χ2n) is 7.17. The van der Waals surface area contributed by atoms with Crippen molar-refractivity contribution in [2.75, 3.05) is 13.9 Å². The molecule has 0 unspecified atom stereocenters. The normalized spacial score (nSPS) is 12.9. The maximum atomic E-state index is 11.4. The van der Waals surface area contributed by atoms with Gasteiger partial charge in [0.1, 0.15) is 11.5 Å². The molecule has 1 aromatic heterocycles. The lowest BCUT2D eigenvalue weighted by Crippen LogP contribution is -2.13. The number of aromatic nitrogens is 2. The summed E-state index contributed by atoms with van der Waals surface area (Å²) >= 11 is 1.50. The van der Waals surface area contributed by atoms with Gasteiger partial charge in [-0.05, 0) is 36.4 Å².